The van der Waals surface area contributed by atoms with E-state index in [0.717, 1.165) is 29.7 Å². The Bertz CT molecular complexity index is 1330. The Morgan fingerprint density at radius 3 is 2.65 bits per heavy atom. The van der Waals surface area contributed by atoms with Gasteiger partial charge >= 0.3 is 0 Å². The van der Waals surface area contributed by atoms with Crippen LogP contribution in [-0.4, -0.2) is 62.5 Å². The molecule has 1 N–H and O–H groups in total. The number of ether oxygens (including phenoxy) is 1. The fraction of sp³-hybridized carbons (Fsp3) is 0.481. The average molecular weight is 509 g/mol. The van der Waals surface area contributed by atoms with Crippen LogP contribution in [-0.2, 0) is 23.7 Å². The zero-order valence-electron chi connectivity index (χ0n) is 21.0. The van der Waals surface area contributed by atoms with E-state index in [1.807, 2.05) is 17.0 Å². The first-order chi connectivity index (χ1) is 17.7. The van der Waals surface area contributed by atoms with Crippen LogP contribution in [0.2, 0.25) is 0 Å². The van der Waals surface area contributed by atoms with Gasteiger partial charge in [0.1, 0.15) is 17.7 Å². The van der Waals surface area contributed by atoms with Crippen molar-refractivity contribution in [2.75, 3.05) is 31.6 Å². The van der Waals surface area contributed by atoms with Crippen LogP contribution in [0, 0.1) is 0 Å². The standard InChI is InChI=1S/C27H30F2N6O2/c1-26(29)12-35(13-26)11-17-8-21(18-6-7-18)32-22(9-17)25(36)31-20-5-3-4-19(10-20)27(14-37-15-27)23(28)24-33-30-16-34(24)2/h3-5,8-10,16,18,23H,6-7,11-15H2,1-2H3,(H,31,36)/t23-/m1/s1. The van der Waals surface area contributed by atoms with E-state index >= 15 is 4.39 Å². The number of amides is 1. The van der Waals surface area contributed by atoms with Gasteiger partial charge in [-0.2, -0.15) is 0 Å². The molecule has 1 atom stereocenters. The van der Waals surface area contributed by atoms with Crippen molar-refractivity contribution >= 4 is 11.6 Å². The van der Waals surface area contributed by atoms with E-state index in [9.17, 15) is 9.18 Å². The van der Waals surface area contributed by atoms with Crippen molar-refractivity contribution in [3.63, 3.8) is 0 Å². The van der Waals surface area contributed by atoms with Gasteiger partial charge in [0.2, 0.25) is 0 Å². The number of carbonyl (C=O) groups is 1. The summed E-state index contributed by atoms with van der Waals surface area (Å²) in [6.45, 7) is 3.38. The summed E-state index contributed by atoms with van der Waals surface area (Å²) >= 11 is 0. The Balaban J connectivity index is 1.22. The molecule has 4 heterocycles. The lowest BCUT2D eigenvalue weighted by molar-refractivity contribution is -0.102. The second kappa shape index (κ2) is 8.95. The van der Waals surface area contributed by atoms with E-state index in [-0.39, 0.29) is 24.9 Å². The molecule has 2 aromatic heterocycles. The number of hydrogen-bond donors (Lipinski definition) is 1. The number of alkyl halides is 2. The fourth-order valence-electron chi connectivity index (χ4n) is 5.31. The first-order valence-corrected chi connectivity index (χ1v) is 12.6. The van der Waals surface area contributed by atoms with Crippen LogP contribution in [0.15, 0.2) is 42.7 Å². The Morgan fingerprint density at radius 2 is 2.03 bits per heavy atom. The number of aromatic nitrogens is 4. The monoisotopic (exact) mass is 508 g/mol. The molecule has 8 nitrogen and oxygen atoms in total. The molecular weight excluding hydrogens is 478 g/mol. The summed E-state index contributed by atoms with van der Waals surface area (Å²) in [6.07, 6.45) is 2.19. The van der Waals surface area contributed by atoms with Crippen molar-refractivity contribution in [1.29, 1.82) is 0 Å². The van der Waals surface area contributed by atoms with E-state index in [2.05, 4.69) is 20.5 Å². The number of rotatable bonds is 8. The molecule has 0 unspecified atom stereocenters. The molecule has 2 saturated heterocycles. The van der Waals surface area contributed by atoms with Gasteiger partial charge in [-0.05, 0) is 55.2 Å². The topological polar surface area (TPSA) is 85.2 Å². The molecule has 194 valence electrons. The van der Waals surface area contributed by atoms with Crippen molar-refractivity contribution in [2.45, 2.75) is 49.5 Å². The number of halogens is 2. The lowest BCUT2D eigenvalue weighted by atomic mass is 9.74. The van der Waals surface area contributed by atoms with Crippen molar-refractivity contribution in [3.8, 4) is 0 Å². The average Bonchev–Trinajstić information content (AvgIpc) is 3.58. The normalized spacial score (nSPS) is 21.1. The fourth-order valence-corrected chi connectivity index (χ4v) is 5.31. The number of carbonyl (C=O) groups excluding carboxylic acids is 1. The summed E-state index contributed by atoms with van der Waals surface area (Å²) in [5.74, 6) is 0.281. The third-order valence-electron chi connectivity index (χ3n) is 7.52. The molecule has 1 aromatic carbocycles. The van der Waals surface area contributed by atoms with Gasteiger partial charge in [0.25, 0.3) is 5.91 Å². The molecule has 3 aliphatic rings. The molecular formula is C27H30F2N6O2. The van der Waals surface area contributed by atoms with Gasteiger partial charge in [-0.1, -0.05) is 12.1 Å². The lowest BCUT2D eigenvalue weighted by Crippen LogP contribution is -2.56. The van der Waals surface area contributed by atoms with Crippen molar-refractivity contribution in [2.24, 2.45) is 7.05 Å². The predicted molar refractivity (Wildman–Crippen MR) is 133 cm³/mol. The summed E-state index contributed by atoms with van der Waals surface area (Å²) in [7, 11) is 1.71. The van der Waals surface area contributed by atoms with Crippen LogP contribution in [0.1, 0.15) is 65.0 Å². The van der Waals surface area contributed by atoms with Gasteiger partial charge in [-0.25, -0.2) is 13.8 Å². The Hall–Kier alpha value is -3.24. The maximum Gasteiger partial charge on any atom is 0.274 e. The zero-order valence-corrected chi connectivity index (χ0v) is 21.0. The minimum Gasteiger partial charge on any atom is -0.379 e. The van der Waals surface area contributed by atoms with Crippen LogP contribution in [0.25, 0.3) is 0 Å². The molecule has 6 rings (SSSR count). The highest BCUT2D eigenvalue weighted by atomic mass is 19.1. The SMILES string of the molecule is Cn1cnnc1[C@@H](F)C1(c2cccc(NC(=O)c3cc(CN4CC(C)(F)C4)cc(C4CC4)n3)c2)COC1. The quantitative estimate of drug-likeness (QED) is 0.498. The summed E-state index contributed by atoms with van der Waals surface area (Å²) in [5, 5.41) is 10.7. The van der Waals surface area contributed by atoms with E-state index in [4.69, 9.17) is 4.74 Å². The van der Waals surface area contributed by atoms with Crippen LogP contribution < -0.4 is 5.32 Å². The molecule has 0 radical (unpaired) electrons. The molecule has 3 fully saturated rings. The zero-order chi connectivity index (χ0) is 25.8. The van der Waals surface area contributed by atoms with Crippen LogP contribution in [0.4, 0.5) is 14.5 Å². The second-order valence-corrected chi connectivity index (χ2v) is 11.0. The number of aryl methyl sites for hydroxylation is 1. The lowest BCUT2D eigenvalue weighted by Gasteiger charge is -2.43. The largest absolute Gasteiger partial charge is 0.379 e. The van der Waals surface area contributed by atoms with E-state index in [1.165, 1.54) is 6.33 Å². The highest BCUT2D eigenvalue weighted by Gasteiger charge is 2.50. The number of nitrogens with zero attached hydrogens (tertiary/aromatic N) is 5. The van der Waals surface area contributed by atoms with Gasteiger partial charge in [0.15, 0.2) is 12.0 Å². The van der Waals surface area contributed by atoms with Gasteiger partial charge in [-0.15, -0.1) is 10.2 Å². The van der Waals surface area contributed by atoms with Gasteiger partial charge < -0.3 is 14.6 Å². The Labute approximate surface area is 214 Å². The molecule has 10 heteroatoms. The van der Waals surface area contributed by atoms with Gasteiger partial charge in [-0.3, -0.25) is 9.69 Å². The number of benzene rings is 1. The first-order valence-electron chi connectivity index (χ1n) is 12.6. The molecule has 1 aliphatic carbocycles. The summed E-state index contributed by atoms with van der Waals surface area (Å²) < 4.78 is 36.7. The van der Waals surface area contributed by atoms with Crippen LogP contribution in [0.3, 0.4) is 0 Å². The number of anilines is 1. The number of pyridine rings is 1. The van der Waals surface area contributed by atoms with Crippen molar-refractivity contribution in [3.05, 3.63) is 71.1 Å². The number of hydrogen-bond acceptors (Lipinski definition) is 6. The Morgan fingerprint density at radius 1 is 1.24 bits per heavy atom. The van der Waals surface area contributed by atoms with E-state index in [0.29, 0.717) is 36.9 Å². The maximum absolute atomic E-state index is 15.7. The number of likely N-dealkylation sites (tertiary alicyclic amines) is 1. The van der Waals surface area contributed by atoms with Crippen molar-refractivity contribution in [1.82, 2.24) is 24.6 Å². The summed E-state index contributed by atoms with van der Waals surface area (Å²) in [4.78, 5) is 19.9. The minimum atomic E-state index is -1.41. The molecule has 1 amide bonds. The first kappa shape index (κ1) is 24.1. The molecule has 0 spiro atoms. The van der Waals surface area contributed by atoms with Gasteiger partial charge in [0.05, 0.1) is 18.6 Å². The minimum absolute atomic E-state index is 0.210. The second-order valence-electron chi connectivity index (χ2n) is 11.0. The third kappa shape index (κ3) is 4.64. The van der Waals surface area contributed by atoms with E-state index in [1.54, 1.807) is 42.8 Å². The third-order valence-corrected chi connectivity index (χ3v) is 7.52. The predicted octanol–water partition coefficient (Wildman–Crippen LogP) is 3.86. The molecule has 1 saturated carbocycles. The van der Waals surface area contributed by atoms with Crippen molar-refractivity contribution < 1.29 is 18.3 Å². The van der Waals surface area contributed by atoms with Gasteiger partial charge in [0, 0.05) is 44.0 Å². The summed E-state index contributed by atoms with van der Waals surface area (Å²) in [5.41, 5.74) is 1.43. The van der Waals surface area contributed by atoms with Crippen LogP contribution in [0.5, 0.6) is 0 Å². The van der Waals surface area contributed by atoms with Crippen LogP contribution >= 0.6 is 0 Å². The molecule has 3 aromatic rings. The highest BCUT2D eigenvalue weighted by Crippen LogP contribution is 2.45. The highest BCUT2D eigenvalue weighted by molar-refractivity contribution is 6.03. The number of nitrogens with one attached hydrogen (secondary N) is 1. The Kier molecular flexibility index (Phi) is 5.83. The molecule has 0 bridgehead atoms. The molecule has 2 aliphatic heterocycles. The summed E-state index contributed by atoms with van der Waals surface area (Å²) in [6, 6.07) is 11.0. The maximum atomic E-state index is 15.7. The smallest absolute Gasteiger partial charge is 0.274 e. The van der Waals surface area contributed by atoms with E-state index < -0.39 is 17.3 Å². The molecule has 37 heavy (non-hydrogen) atoms.